The molecule has 0 atom stereocenters. The van der Waals surface area contributed by atoms with Crippen LogP contribution >= 0.6 is 0 Å². The highest BCUT2D eigenvalue weighted by Crippen LogP contribution is 2.41. The van der Waals surface area contributed by atoms with E-state index in [-0.39, 0.29) is 24.0 Å². The minimum atomic E-state index is -1.33. The summed E-state index contributed by atoms with van der Waals surface area (Å²) in [6.07, 6.45) is 29.9. The zero-order chi connectivity index (χ0) is 38.2. The summed E-state index contributed by atoms with van der Waals surface area (Å²) >= 11 is 0. The van der Waals surface area contributed by atoms with Gasteiger partial charge in [-0.05, 0) is 113 Å². The van der Waals surface area contributed by atoms with Crippen LogP contribution in [0, 0.1) is 16.2 Å². The first-order valence-corrected chi connectivity index (χ1v) is 18.3. The quantitative estimate of drug-likeness (QED) is 0.0946. The van der Waals surface area contributed by atoms with Gasteiger partial charge in [-0.2, -0.15) is 0 Å². The predicted molar refractivity (Wildman–Crippen MR) is 211 cm³/mol. The van der Waals surface area contributed by atoms with Gasteiger partial charge < -0.3 is 19.7 Å². The lowest BCUT2D eigenvalue weighted by molar-refractivity contribution is -0.152. The van der Waals surface area contributed by atoms with Gasteiger partial charge in [0.2, 0.25) is 0 Å². The molecule has 280 valence electrons. The Balaban J connectivity index is 1.90. The number of esters is 2. The van der Waals surface area contributed by atoms with Crippen LogP contribution in [0.4, 0.5) is 0 Å². The summed E-state index contributed by atoms with van der Waals surface area (Å²) in [4.78, 5) is 25.1. The maximum Gasteiger partial charge on any atom is 0.331 e. The Bertz CT molecular complexity index is 1430. The van der Waals surface area contributed by atoms with Gasteiger partial charge in [0, 0.05) is 12.2 Å². The number of carbonyl (C=O) groups is 2. The number of aliphatic hydroxyl groups is 2. The normalized spacial score (nSPS) is 19.7. The standard InChI is InChI=1S/C45H64O6/c1-33(21-23-39-37(5)19-13-25-43(39,7)8)15-11-17-35(3)27-41(48)50-31-45(29-46,30-47)32-51-42(49)28-36(4)18-12-16-34(2)22-24-40-38(6)20-14-26-44(40,9)10/h11-12,15-18,21-24,27-28,46-47H,13-14,19-20,25-26,29-32H2,1-10H3. The Kier molecular flexibility index (Phi) is 17.3. The van der Waals surface area contributed by atoms with Gasteiger partial charge in [0.25, 0.3) is 0 Å². The number of hydrogen-bond donors (Lipinski definition) is 2. The lowest BCUT2D eigenvalue weighted by Crippen LogP contribution is -2.41. The van der Waals surface area contributed by atoms with E-state index in [2.05, 4.69) is 65.8 Å². The van der Waals surface area contributed by atoms with Crippen molar-refractivity contribution in [3.8, 4) is 0 Å². The van der Waals surface area contributed by atoms with E-state index in [4.69, 9.17) is 9.47 Å². The van der Waals surface area contributed by atoms with Crippen LogP contribution in [-0.4, -0.2) is 48.6 Å². The fourth-order valence-corrected chi connectivity index (χ4v) is 6.54. The van der Waals surface area contributed by atoms with Gasteiger partial charge in [-0.15, -0.1) is 0 Å². The Morgan fingerprint density at radius 1 is 0.647 bits per heavy atom. The molecule has 0 heterocycles. The van der Waals surface area contributed by atoms with Crippen molar-refractivity contribution in [2.75, 3.05) is 26.4 Å². The number of allylic oxidation sites excluding steroid dienone is 18. The van der Waals surface area contributed by atoms with Gasteiger partial charge in [-0.25, -0.2) is 9.59 Å². The van der Waals surface area contributed by atoms with Crippen molar-refractivity contribution < 1.29 is 29.3 Å². The average Bonchev–Trinajstić information content (AvgIpc) is 3.04. The molecule has 51 heavy (non-hydrogen) atoms. The number of hydrogen-bond acceptors (Lipinski definition) is 6. The van der Waals surface area contributed by atoms with Crippen LogP contribution in [0.3, 0.4) is 0 Å². The van der Waals surface area contributed by atoms with Gasteiger partial charge in [0.15, 0.2) is 0 Å². The van der Waals surface area contributed by atoms with Gasteiger partial charge in [-0.3, -0.25) is 0 Å². The molecule has 0 unspecified atom stereocenters. The van der Waals surface area contributed by atoms with E-state index in [1.54, 1.807) is 13.8 Å². The fourth-order valence-electron chi connectivity index (χ4n) is 6.54. The van der Waals surface area contributed by atoms with Crippen LogP contribution in [0.5, 0.6) is 0 Å². The highest BCUT2D eigenvalue weighted by atomic mass is 16.5. The summed E-state index contributed by atoms with van der Waals surface area (Å²) in [5.41, 5.74) is 8.32. The molecule has 0 saturated heterocycles. The molecule has 0 fully saturated rings. The van der Waals surface area contributed by atoms with E-state index >= 15 is 0 Å². The third-order valence-corrected chi connectivity index (χ3v) is 9.95. The molecule has 0 aromatic rings. The summed E-state index contributed by atoms with van der Waals surface area (Å²) in [7, 11) is 0. The molecule has 0 radical (unpaired) electrons. The van der Waals surface area contributed by atoms with Crippen LogP contribution in [-0.2, 0) is 19.1 Å². The van der Waals surface area contributed by atoms with E-state index < -0.39 is 30.6 Å². The molecule has 6 heteroatoms. The topological polar surface area (TPSA) is 93.1 Å². The zero-order valence-electron chi connectivity index (χ0n) is 33.0. The van der Waals surface area contributed by atoms with Crippen molar-refractivity contribution in [2.24, 2.45) is 16.2 Å². The molecule has 0 bridgehead atoms. The molecular weight excluding hydrogens is 636 g/mol. The van der Waals surface area contributed by atoms with Crippen LogP contribution < -0.4 is 0 Å². The van der Waals surface area contributed by atoms with Gasteiger partial charge in [-0.1, -0.05) is 111 Å². The lowest BCUT2D eigenvalue weighted by atomic mass is 9.72. The summed E-state index contributed by atoms with van der Waals surface area (Å²) in [5.74, 6) is -1.24. The summed E-state index contributed by atoms with van der Waals surface area (Å²) in [6, 6.07) is 0. The highest BCUT2D eigenvalue weighted by Gasteiger charge is 2.33. The minimum absolute atomic E-state index is 0.187. The van der Waals surface area contributed by atoms with Crippen LogP contribution in [0.25, 0.3) is 0 Å². The van der Waals surface area contributed by atoms with Crippen LogP contribution in [0.2, 0.25) is 0 Å². The van der Waals surface area contributed by atoms with Crippen LogP contribution in [0.15, 0.2) is 117 Å². The van der Waals surface area contributed by atoms with Crippen molar-refractivity contribution in [3.05, 3.63) is 117 Å². The Morgan fingerprint density at radius 2 is 1.02 bits per heavy atom. The monoisotopic (exact) mass is 700 g/mol. The van der Waals surface area contributed by atoms with Gasteiger partial charge >= 0.3 is 11.9 Å². The Labute approximate surface area is 308 Å². The Morgan fingerprint density at radius 3 is 1.35 bits per heavy atom. The van der Waals surface area contributed by atoms with Crippen molar-refractivity contribution in [1.82, 2.24) is 0 Å². The third kappa shape index (κ3) is 14.8. The molecule has 0 amide bonds. The smallest absolute Gasteiger partial charge is 0.331 e. The number of carbonyl (C=O) groups excluding carboxylic acids is 2. The first-order valence-electron chi connectivity index (χ1n) is 18.3. The SMILES string of the molecule is CC(C=CC1=C(C)CCCC1(C)C)=CC=CC(C)=CC(=O)OCC(CO)(CO)COC(=O)C=C(C)C=CC=C(C)C=CC1=C(C)CCCC1(C)C. The Hall–Kier alpha value is -3.74. The van der Waals surface area contributed by atoms with Crippen molar-refractivity contribution in [1.29, 1.82) is 0 Å². The molecule has 0 spiro atoms. The predicted octanol–water partition coefficient (Wildman–Crippen LogP) is 10.1. The number of rotatable bonds is 16. The van der Waals surface area contributed by atoms with E-state index in [1.165, 1.54) is 60.1 Å². The minimum Gasteiger partial charge on any atom is -0.462 e. The summed E-state index contributed by atoms with van der Waals surface area (Å²) in [5, 5.41) is 20.0. The summed E-state index contributed by atoms with van der Waals surface area (Å²) in [6.45, 7) is 19.6. The molecule has 2 aliphatic carbocycles. The second kappa shape index (κ2) is 20.3. The molecule has 2 aliphatic rings. The maximum atomic E-state index is 12.5. The fraction of sp³-hybridized carbons (Fsp3) is 0.511. The average molecular weight is 701 g/mol. The molecule has 6 nitrogen and oxygen atoms in total. The number of ether oxygens (including phenoxy) is 2. The maximum absolute atomic E-state index is 12.5. The molecule has 2 rings (SSSR count). The molecule has 0 aromatic carbocycles. The molecule has 2 N–H and O–H groups in total. The largest absolute Gasteiger partial charge is 0.462 e. The first-order chi connectivity index (χ1) is 23.9. The zero-order valence-corrected chi connectivity index (χ0v) is 33.0. The van der Waals surface area contributed by atoms with Gasteiger partial charge in [0.1, 0.15) is 13.2 Å². The highest BCUT2D eigenvalue weighted by molar-refractivity contribution is 5.84. The lowest BCUT2D eigenvalue weighted by Gasteiger charge is -2.33. The van der Waals surface area contributed by atoms with Crippen molar-refractivity contribution in [3.63, 3.8) is 0 Å². The van der Waals surface area contributed by atoms with Crippen molar-refractivity contribution >= 4 is 11.9 Å². The van der Waals surface area contributed by atoms with E-state index in [9.17, 15) is 19.8 Å². The summed E-state index contributed by atoms with van der Waals surface area (Å²) < 4.78 is 10.7. The molecule has 0 saturated carbocycles. The van der Waals surface area contributed by atoms with E-state index in [0.29, 0.717) is 11.1 Å². The molecule has 0 aliphatic heterocycles. The van der Waals surface area contributed by atoms with Gasteiger partial charge in [0.05, 0.1) is 18.6 Å². The molecule has 0 aromatic heterocycles. The van der Waals surface area contributed by atoms with E-state index in [0.717, 1.165) is 24.0 Å². The van der Waals surface area contributed by atoms with Crippen LogP contribution in [0.1, 0.15) is 108 Å². The first kappa shape index (κ1) is 43.4. The second-order valence-electron chi connectivity index (χ2n) is 15.9. The second-order valence-corrected chi connectivity index (χ2v) is 15.9. The number of aliphatic hydroxyl groups excluding tert-OH is 2. The third-order valence-electron chi connectivity index (χ3n) is 9.95. The van der Waals surface area contributed by atoms with Crippen molar-refractivity contribution in [2.45, 2.75) is 108 Å². The van der Waals surface area contributed by atoms with E-state index in [1.807, 2.05) is 50.3 Å². The molecular formula is C45H64O6.